The second-order valence-corrected chi connectivity index (χ2v) is 7.42. The van der Waals surface area contributed by atoms with Crippen molar-refractivity contribution in [1.29, 1.82) is 0 Å². The lowest BCUT2D eigenvalue weighted by atomic mass is 9.96. The standard InChI is InChI=1S/C23H26ClN3O2/c1-2-3-7-13-29-22-16-20(21(28)15-17-9-8-10-18(24)14-17)23(25)26-27(22)19-11-5-4-6-12-19/h4-6,8-12,14,16,20H,2-3,7,13,15H2,1H3,(H2,25,26). The van der Waals surface area contributed by atoms with E-state index in [0.29, 0.717) is 17.5 Å². The molecule has 3 rings (SSSR count). The van der Waals surface area contributed by atoms with Gasteiger partial charge in [-0.25, -0.2) is 0 Å². The number of halogens is 1. The fraction of sp³-hybridized carbons (Fsp3) is 0.304. The monoisotopic (exact) mass is 411 g/mol. The summed E-state index contributed by atoms with van der Waals surface area (Å²) in [6.07, 6.45) is 5.13. The number of ketones is 1. The number of carbonyl (C=O) groups is 1. The van der Waals surface area contributed by atoms with Crippen LogP contribution in [0.3, 0.4) is 0 Å². The second-order valence-electron chi connectivity index (χ2n) is 6.98. The maximum absolute atomic E-state index is 12.9. The van der Waals surface area contributed by atoms with Crippen LogP contribution in [-0.4, -0.2) is 18.2 Å². The zero-order chi connectivity index (χ0) is 20.6. The van der Waals surface area contributed by atoms with Gasteiger partial charge in [0.15, 0.2) is 5.78 Å². The molecule has 2 aromatic rings. The quantitative estimate of drug-likeness (QED) is 0.595. The first-order chi connectivity index (χ1) is 14.1. The molecule has 1 atom stereocenters. The number of rotatable bonds is 9. The second kappa shape index (κ2) is 10.1. The summed E-state index contributed by atoms with van der Waals surface area (Å²) in [6, 6.07) is 16.9. The zero-order valence-corrected chi connectivity index (χ0v) is 17.3. The SMILES string of the molecule is CCCCCOC1=CC(C(=O)Cc2cccc(Cl)c2)C(N)=NN1c1ccccc1. The summed E-state index contributed by atoms with van der Waals surface area (Å²) >= 11 is 6.04. The predicted octanol–water partition coefficient (Wildman–Crippen LogP) is 4.91. The Kier molecular flexibility index (Phi) is 7.30. The Morgan fingerprint density at radius 3 is 2.69 bits per heavy atom. The van der Waals surface area contributed by atoms with Gasteiger partial charge < -0.3 is 10.5 Å². The van der Waals surface area contributed by atoms with E-state index in [9.17, 15) is 4.79 Å². The molecule has 0 saturated carbocycles. The maximum Gasteiger partial charge on any atom is 0.212 e. The summed E-state index contributed by atoms with van der Waals surface area (Å²) < 4.78 is 6.00. The molecule has 0 radical (unpaired) electrons. The summed E-state index contributed by atoms with van der Waals surface area (Å²) in [4.78, 5) is 12.9. The fourth-order valence-electron chi connectivity index (χ4n) is 3.13. The summed E-state index contributed by atoms with van der Waals surface area (Å²) in [5.74, 6) is 0.110. The Bertz CT molecular complexity index is 896. The van der Waals surface area contributed by atoms with Crippen molar-refractivity contribution in [1.82, 2.24) is 0 Å². The number of hydrogen-bond donors (Lipinski definition) is 1. The van der Waals surface area contributed by atoms with E-state index in [1.165, 1.54) is 0 Å². The summed E-state index contributed by atoms with van der Waals surface area (Å²) in [6.45, 7) is 2.71. The molecule has 1 unspecified atom stereocenters. The molecule has 29 heavy (non-hydrogen) atoms. The third kappa shape index (κ3) is 5.61. The highest BCUT2D eigenvalue weighted by molar-refractivity contribution is 6.30. The van der Waals surface area contributed by atoms with Crippen molar-refractivity contribution in [2.45, 2.75) is 32.6 Å². The number of hydrazone groups is 1. The molecule has 0 saturated heterocycles. The minimum absolute atomic E-state index is 0.0455. The lowest BCUT2D eigenvalue weighted by Gasteiger charge is -2.28. The minimum atomic E-state index is -0.630. The van der Waals surface area contributed by atoms with Gasteiger partial charge in [-0.3, -0.25) is 4.79 Å². The van der Waals surface area contributed by atoms with E-state index in [0.717, 1.165) is 30.5 Å². The van der Waals surface area contributed by atoms with Crippen molar-refractivity contribution in [3.05, 3.63) is 77.1 Å². The number of nitrogens with zero attached hydrogens (tertiary/aromatic N) is 2. The van der Waals surface area contributed by atoms with Crippen LogP contribution in [0.2, 0.25) is 5.02 Å². The molecule has 0 amide bonds. The van der Waals surface area contributed by atoms with E-state index in [2.05, 4.69) is 12.0 Å². The molecular weight excluding hydrogens is 386 g/mol. The van der Waals surface area contributed by atoms with Crippen LogP contribution in [0.15, 0.2) is 71.7 Å². The fourth-order valence-corrected chi connectivity index (χ4v) is 3.35. The lowest BCUT2D eigenvalue weighted by molar-refractivity contribution is -0.119. The average Bonchev–Trinajstić information content (AvgIpc) is 2.72. The number of nitrogens with two attached hydrogens (primary N) is 1. The molecule has 2 aromatic carbocycles. The van der Waals surface area contributed by atoms with Crippen LogP contribution in [0.25, 0.3) is 0 Å². The number of carbonyl (C=O) groups excluding carboxylic acids is 1. The van der Waals surface area contributed by atoms with Crippen molar-refractivity contribution in [2.24, 2.45) is 16.8 Å². The summed E-state index contributed by atoms with van der Waals surface area (Å²) in [7, 11) is 0. The van der Waals surface area contributed by atoms with Gasteiger partial charge in [0.2, 0.25) is 5.88 Å². The highest BCUT2D eigenvalue weighted by Gasteiger charge is 2.29. The Hall–Kier alpha value is -2.79. The van der Waals surface area contributed by atoms with Crippen molar-refractivity contribution in [3.63, 3.8) is 0 Å². The van der Waals surface area contributed by atoms with Crippen LogP contribution in [0.1, 0.15) is 31.7 Å². The van der Waals surface area contributed by atoms with Crippen LogP contribution in [-0.2, 0) is 16.0 Å². The van der Waals surface area contributed by atoms with Crippen molar-refractivity contribution in [2.75, 3.05) is 11.6 Å². The molecule has 2 N–H and O–H groups in total. The van der Waals surface area contributed by atoms with Crippen molar-refractivity contribution >= 4 is 28.9 Å². The van der Waals surface area contributed by atoms with Crippen LogP contribution in [0.4, 0.5) is 5.69 Å². The third-order valence-corrected chi connectivity index (χ3v) is 4.90. The average molecular weight is 412 g/mol. The normalized spacial score (nSPS) is 16.2. The Morgan fingerprint density at radius 2 is 1.97 bits per heavy atom. The van der Waals surface area contributed by atoms with Crippen molar-refractivity contribution in [3.8, 4) is 0 Å². The summed E-state index contributed by atoms with van der Waals surface area (Å²) in [5.41, 5.74) is 7.87. The molecule has 0 fully saturated rings. The largest absolute Gasteiger partial charge is 0.478 e. The van der Waals surface area contributed by atoms with Gasteiger partial charge in [-0.05, 0) is 42.3 Å². The van der Waals surface area contributed by atoms with Gasteiger partial charge in [0.1, 0.15) is 11.8 Å². The molecule has 1 heterocycles. The van der Waals surface area contributed by atoms with Gasteiger partial charge in [-0.1, -0.05) is 61.7 Å². The minimum Gasteiger partial charge on any atom is -0.478 e. The number of hydrogen-bond acceptors (Lipinski definition) is 5. The van der Waals surface area contributed by atoms with Gasteiger partial charge in [-0.2, -0.15) is 10.1 Å². The molecule has 1 aliphatic rings. The number of ether oxygens (including phenoxy) is 1. The number of Topliss-reactive ketones (excluding diaryl/α,β-unsaturated/α-hetero) is 1. The van der Waals surface area contributed by atoms with Gasteiger partial charge >= 0.3 is 0 Å². The highest BCUT2D eigenvalue weighted by atomic mass is 35.5. The number of amidine groups is 1. The van der Waals surface area contributed by atoms with Crippen LogP contribution in [0, 0.1) is 5.92 Å². The molecule has 6 heteroatoms. The highest BCUT2D eigenvalue weighted by Crippen LogP contribution is 2.26. The first kappa shape index (κ1) is 20.9. The van der Waals surface area contributed by atoms with E-state index >= 15 is 0 Å². The number of anilines is 1. The van der Waals surface area contributed by atoms with E-state index in [-0.39, 0.29) is 18.0 Å². The topological polar surface area (TPSA) is 67.9 Å². The molecule has 0 aromatic heterocycles. The third-order valence-electron chi connectivity index (χ3n) is 4.66. The Balaban J connectivity index is 1.81. The lowest BCUT2D eigenvalue weighted by Crippen LogP contribution is -2.38. The number of unbranched alkanes of at least 4 members (excludes halogenated alkanes) is 2. The van der Waals surface area contributed by atoms with Gasteiger partial charge in [-0.15, -0.1) is 0 Å². The van der Waals surface area contributed by atoms with E-state index in [4.69, 9.17) is 22.1 Å². The number of benzene rings is 2. The van der Waals surface area contributed by atoms with E-state index in [1.807, 2.05) is 42.5 Å². The predicted molar refractivity (Wildman–Crippen MR) is 118 cm³/mol. The molecule has 0 spiro atoms. The first-order valence-corrected chi connectivity index (χ1v) is 10.3. The maximum atomic E-state index is 12.9. The van der Waals surface area contributed by atoms with E-state index in [1.54, 1.807) is 23.2 Å². The molecule has 5 nitrogen and oxygen atoms in total. The van der Waals surface area contributed by atoms with Crippen LogP contribution in [0.5, 0.6) is 0 Å². The summed E-state index contributed by atoms with van der Waals surface area (Å²) in [5, 5.41) is 6.74. The van der Waals surface area contributed by atoms with Gasteiger partial charge in [0.05, 0.1) is 12.3 Å². The molecular formula is C23H26ClN3O2. The molecule has 1 aliphatic heterocycles. The van der Waals surface area contributed by atoms with Gasteiger partial charge in [0.25, 0.3) is 0 Å². The first-order valence-electron chi connectivity index (χ1n) is 9.89. The van der Waals surface area contributed by atoms with Crippen LogP contribution >= 0.6 is 11.6 Å². The van der Waals surface area contributed by atoms with Gasteiger partial charge in [0, 0.05) is 11.4 Å². The molecule has 152 valence electrons. The zero-order valence-electron chi connectivity index (χ0n) is 16.6. The number of para-hydroxylation sites is 1. The van der Waals surface area contributed by atoms with Crippen LogP contribution < -0.4 is 10.7 Å². The molecule has 0 bridgehead atoms. The van der Waals surface area contributed by atoms with E-state index < -0.39 is 5.92 Å². The Labute approximate surface area is 176 Å². The Morgan fingerprint density at radius 1 is 1.17 bits per heavy atom. The smallest absolute Gasteiger partial charge is 0.212 e. The molecule has 0 aliphatic carbocycles. The van der Waals surface area contributed by atoms with Crippen molar-refractivity contribution < 1.29 is 9.53 Å².